The fourth-order valence-electron chi connectivity index (χ4n) is 1.64. The molecule has 0 aliphatic heterocycles. The van der Waals surface area contributed by atoms with Crippen molar-refractivity contribution in [2.24, 2.45) is 5.92 Å². The van der Waals surface area contributed by atoms with Crippen LogP contribution in [0.3, 0.4) is 0 Å². The molecule has 0 fully saturated rings. The summed E-state index contributed by atoms with van der Waals surface area (Å²) in [6.45, 7) is 2.49. The second kappa shape index (κ2) is 6.27. The van der Waals surface area contributed by atoms with Gasteiger partial charge in [0.05, 0.1) is 23.2 Å². The molecule has 3 nitrogen and oxygen atoms in total. The van der Waals surface area contributed by atoms with E-state index >= 15 is 0 Å². The highest BCUT2D eigenvalue weighted by Crippen LogP contribution is 2.22. The molecule has 0 saturated heterocycles. The van der Waals surface area contributed by atoms with E-state index in [1.165, 1.54) is 0 Å². The molecule has 0 spiro atoms. The molecular formula is C13H14BrN3. The van der Waals surface area contributed by atoms with Crippen molar-refractivity contribution >= 4 is 21.6 Å². The Balaban J connectivity index is 2.98. The maximum absolute atomic E-state index is 9.12. The molecular weight excluding hydrogens is 278 g/mol. The summed E-state index contributed by atoms with van der Waals surface area (Å²) >= 11 is 3.37. The van der Waals surface area contributed by atoms with Gasteiger partial charge in [-0.2, -0.15) is 10.5 Å². The standard InChI is InChI=1S/C13H14BrN3/c1-10(7-15)9-17(2)13-4-3-11(6-14)5-12(13)8-16/h3-5,10H,6,9H2,1-2H3. The lowest BCUT2D eigenvalue weighted by atomic mass is 10.1. The molecule has 0 bridgehead atoms. The summed E-state index contributed by atoms with van der Waals surface area (Å²) in [5.41, 5.74) is 2.60. The van der Waals surface area contributed by atoms with E-state index in [0.717, 1.165) is 16.6 Å². The summed E-state index contributed by atoms with van der Waals surface area (Å²) in [6.07, 6.45) is 0. The summed E-state index contributed by atoms with van der Waals surface area (Å²) in [4.78, 5) is 1.95. The summed E-state index contributed by atoms with van der Waals surface area (Å²) < 4.78 is 0. The molecule has 0 heterocycles. The van der Waals surface area contributed by atoms with Gasteiger partial charge in [0.2, 0.25) is 0 Å². The third-order valence-electron chi connectivity index (χ3n) is 2.52. The van der Waals surface area contributed by atoms with Crippen LogP contribution < -0.4 is 4.90 Å². The molecule has 17 heavy (non-hydrogen) atoms. The number of hydrogen-bond acceptors (Lipinski definition) is 3. The minimum atomic E-state index is -0.0533. The van der Waals surface area contributed by atoms with Crippen LogP contribution in [0.5, 0.6) is 0 Å². The van der Waals surface area contributed by atoms with Crippen molar-refractivity contribution in [2.75, 3.05) is 18.5 Å². The van der Waals surface area contributed by atoms with Crippen molar-refractivity contribution in [3.05, 3.63) is 29.3 Å². The van der Waals surface area contributed by atoms with E-state index in [0.29, 0.717) is 12.1 Å². The second-order valence-electron chi connectivity index (χ2n) is 4.01. The number of nitriles is 2. The van der Waals surface area contributed by atoms with E-state index in [4.69, 9.17) is 10.5 Å². The molecule has 0 saturated carbocycles. The number of alkyl halides is 1. The number of nitrogens with zero attached hydrogens (tertiary/aromatic N) is 3. The first-order valence-corrected chi connectivity index (χ1v) is 6.44. The van der Waals surface area contributed by atoms with Gasteiger partial charge in [0.1, 0.15) is 6.07 Å². The van der Waals surface area contributed by atoms with Crippen LogP contribution in [0.2, 0.25) is 0 Å². The Labute approximate surface area is 110 Å². The Morgan fingerprint density at radius 3 is 2.65 bits per heavy atom. The maximum Gasteiger partial charge on any atom is 0.101 e. The summed E-state index contributed by atoms with van der Waals surface area (Å²) in [7, 11) is 1.90. The van der Waals surface area contributed by atoms with E-state index in [1.54, 1.807) is 0 Å². The molecule has 0 radical (unpaired) electrons. The molecule has 0 aromatic heterocycles. The first-order valence-electron chi connectivity index (χ1n) is 5.32. The fourth-order valence-corrected chi connectivity index (χ4v) is 1.99. The molecule has 0 N–H and O–H groups in total. The first kappa shape index (κ1) is 13.5. The third-order valence-corrected chi connectivity index (χ3v) is 3.16. The highest BCUT2D eigenvalue weighted by Gasteiger charge is 2.10. The highest BCUT2D eigenvalue weighted by molar-refractivity contribution is 9.08. The molecule has 4 heteroatoms. The van der Waals surface area contributed by atoms with Gasteiger partial charge in [-0.3, -0.25) is 0 Å². The normalized spacial score (nSPS) is 11.4. The zero-order chi connectivity index (χ0) is 12.8. The fraction of sp³-hybridized carbons (Fsp3) is 0.385. The average Bonchev–Trinajstić information content (AvgIpc) is 2.37. The summed E-state index contributed by atoms with van der Waals surface area (Å²) in [5.74, 6) is -0.0533. The van der Waals surface area contributed by atoms with E-state index in [-0.39, 0.29) is 5.92 Å². The lowest BCUT2D eigenvalue weighted by Crippen LogP contribution is -2.24. The van der Waals surface area contributed by atoms with Crippen LogP contribution in [0.15, 0.2) is 18.2 Å². The van der Waals surface area contributed by atoms with Crippen LogP contribution in [0.1, 0.15) is 18.1 Å². The van der Waals surface area contributed by atoms with E-state index in [2.05, 4.69) is 28.1 Å². The van der Waals surface area contributed by atoms with Crippen LogP contribution in [-0.2, 0) is 5.33 Å². The maximum atomic E-state index is 9.12. The minimum Gasteiger partial charge on any atom is -0.372 e. The van der Waals surface area contributed by atoms with Gasteiger partial charge in [-0.05, 0) is 24.6 Å². The number of benzene rings is 1. The van der Waals surface area contributed by atoms with Crippen molar-refractivity contribution in [3.63, 3.8) is 0 Å². The summed E-state index contributed by atoms with van der Waals surface area (Å²) in [5, 5.41) is 18.6. The Bertz CT molecular complexity index is 471. The zero-order valence-electron chi connectivity index (χ0n) is 9.94. The Kier molecular flexibility index (Phi) is 5.00. The van der Waals surface area contributed by atoms with Gasteiger partial charge in [0, 0.05) is 18.9 Å². The molecule has 1 rings (SSSR count). The number of halogens is 1. The van der Waals surface area contributed by atoms with Crippen LogP contribution in [0, 0.1) is 28.6 Å². The SMILES string of the molecule is CC(C#N)CN(C)c1ccc(CBr)cc1C#N. The Morgan fingerprint density at radius 1 is 1.41 bits per heavy atom. The smallest absolute Gasteiger partial charge is 0.101 e. The van der Waals surface area contributed by atoms with Crippen molar-refractivity contribution < 1.29 is 0 Å². The van der Waals surface area contributed by atoms with Crippen molar-refractivity contribution in [1.29, 1.82) is 10.5 Å². The largest absolute Gasteiger partial charge is 0.372 e. The zero-order valence-corrected chi connectivity index (χ0v) is 11.5. The summed E-state index contributed by atoms with van der Waals surface area (Å²) in [6, 6.07) is 10.2. The molecule has 0 aliphatic rings. The van der Waals surface area contributed by atoms with Gasteiger partial charge in [-0.1, -0.05) is 22.0 Å². The van der Waals surface area contributed by atoms with Gasteiger partial charge in [0.25, 0.3) is 0 Å². The highest BCUT2D eigenvalue weighted by atomic mass is 79.9. The van der Waals surface area contributed by atoms with Gasteiger partial charge in [0.15, 0.2) is 0 Å². The lowest BCUT2D eigenvalue weighted by Gasteiger charge is -2.21. The van der Waals surface area contributed by atoms with E-state index in [1.807, 2.05) is 37.1 Å². The first-order chi connectivity index (χ1) is 8.12. The average molecular weight is 292 g/mol. The molecule has 0 amide bonds. The van der Waals surface area contributed by atoms with Gasteiger partial charge >= 0.3 is 0 Å². The Hall–Kier alpha value is -1.52. The molecule has 1 atom stereocenters. The predicted octanol–water partition coefficient (Wildman–Crippen LogP) is 3.05. The lowest BCUT2D eigenvalue weighted by molar-refractivity contribution is 0.716. The monoisotopic (exact) mass is 291 g/mol. The quantitative estimate of drug-likeness (QED) is 0.801. The molecule has 1 unspecified atom stereocenters. The molecule has 1 aromatic rings. The number of hydrogen-bond donors (Lipinski definition) is 0. The molecule has 1 aromatic carbocycles. The third kappa shape index (κ3) is 3.47. The Morgan fingerprint density at radius 2 is 2.12 bits per heavy atom. The van der Waals surface area contributed by atoms with Crippen LogP contribution in [0.25, 0.3) is 0 Å². The van der Waals surface area contributed by atoms with Crippen molar-refractivity contribution in [2.45, 2.75) is 12.3 Å². The van der Waals surface area contributed by atoms with Crippen LogP contribution in [0.4, 0.5) is 5.69 Å². The van der Waals surface area contributed by atoms with Gasteiger partial charge < -0.3 is 4.90 Å². The number of anilines is 1. The van der Waals surface area contributed by atoms with Gasteiger partial charge in [-0.25, -0.2) is 0 Å². The van der Waals surface area contributed by atoms with Crippen molar-refractivity contribution in [1.82, 2.24) is 0 Å². The van der Waals surface area contributed by atoms with E-state index < -0.39 is 0 Å². The topological polar surface area (TPSA) is 50.8 Å². The van der Waals surface area contributed by atoms with Crippen LogP contribution >= 0.6 is 15.9 Å². The molecule has 88 valence electrons. The van der Waals surface area contributed by atoms with Crippen molar-refractivity contribution in [3.8, 4) is 12.1 Å². The second-order valence-corrected chi connectivity index (χ2v) is 4.57. The van der Waals surface area contributed by atoms with Crippen LogP contribution in [-0.4, -0.2) is 13.6 Å². The number of rotatable bonds is 4. The minimum absolute atomic E-state index is 0.0533. The van der Waals surface area contributed by atoms with Gasteiger partial charge in [-0.15, -0.1) is 0 Å². The molecule has 0 aliphatic carbocycles. The van der Waals surface area contributed by atoms with E-state index in [9.17, 15) is 0 Å². The predicted molar refractivity (Wildman–Crippen MR) is 71.8 cm³/mol.